The Morgan fingerprint density at radius 1 is 1.25 bits per heavy atom. The predicted octanol–water partition coefficient (Wildman–Crippen LogP) is 4.57. The Hall–Kier alpha value is -1.66. The van der Waals surface area contributed by atoms with Crippen LogP contribution in [0.2, 0.25) is 0 Å². The minimum absolute atomic E-state index is 0.0485. The quantitative estimate of drug-likeness (QED) is 0.499. The van der Waals surface area contributed by atoms with Gasteiger partial charge in [0.1, 0.15) is 5.82 Å². The van der Waals surface area contributed by atoms with Gasteiger partial charge in [-0.2, -0.15) is 0 Å². The SMILES string of the molecule is O=C(c1cnc2ccsc2c1)c1c(F)ccc(Br)c1F. The first-order valence-electron chi connectivity index (χ1n) is 5.59. The van der Waals surface area contributed by atoms with Gasteiger partial charge < -0.3 is 0 Å². The number of hydrogen-bond donors (Lipinski definition) is 0. The molecule has 0 atom stereocenters. The largest absolute Gasteiger partial charge is 0.288 e. The molecule has 3 aromatic rings. The fraction of sp³-hybridized carbons (Fsp3) is 0. The number of rotatable bonds is 2. The lowest BCUT2D eigenvalue weighted by atomic mass is 10.0. The van der Waals surface area contributed by atoms with Crippen molar-refractivity contribution in [3.63, 3.8) is 0 Å². The van der Waals surface area contributed by atoms with E-state index in [0.29, 0.717) is 0 Å². The lowest BCUT2D eigenvalue weighted by molar-refractivity contribution is 0.103. The van der Waals surface area contributed by atoms with Crippen molar-refractivity contribution >= 4 is 43.3 Å². The summed E-state index contributed by atoms with van der Waals surface area (Å²) in [6.45, 7) is 0. The highest BCUT2D eigenvalue weighted by atomic mass is 79.9. The molecule has 0 aliphatic heterocycles. The molecular weight excluding hydrogens is 348 g/mol. The molecule has 6 heteroatoms. The normalized spacial score (nSPS) is 10.9. The molecule has 0 saturated carbocycles. The zero-order valence-electron chi connectivity index (χ0n) is 9.86. The van der Waals surface area contributed by atoms with Crippen molar-refractivity contribution in [3.8, 4) is 0 Å². The van der Waals surface area contributed by atoms with Crippen molar-refractivity contribution in [1.82, 2.24) is 4.98 Å². The van der Waals surface area contributed by atoms with Gasteiger partial charge in [0.2, 0.25) is 5.78 Å². The zero-order chi connectivity index (χ0) is 14.3. The monoisotopic (exact) mass is 353 g/mol. The minimum Gasteiger partial charge on any atom is -0.288 e. The van der Waals surface area contributed by atoms with Crippen LogP contribution in [0, 0.1) is 11.6 Å². The van der Waals surface area contributed by atoms with Gasteiger partial charge in [-0.15, -0.1) is 11.3 Å². The fourth-order valence-electron chi connectivity index (χ4n) is 1.85. The molecule has 0 fully saturated rings. The van der Waals surface area contributed by atoms with Crippen LogP contribution in [0.15, 0.2) is 40.3 Å². The van der Waals surface area contributed by atoms with E-state index >= 15 is 0 Å². The Bertz CT molecular complexity index is 831. The smallest absolute Gasteiger partial charge is 0.200 e. The van der Waals surface area contributed by atoms with Crippen molar-refractivity contribution in [3.05, 3.63) is 63.1 Å². The van der Waals surface area contributed by atoms with Gasteiger partial charge in [0.05, 0.1) is 20.3 Å². The summed E-state index contributed by atoms with van der Waals surface area (Å²) >= 11 is 4.36. The van der Waals surface area contributed by atoms with Gasteiger partial charge >= 0.3 is 0 Å². The highest BCUT2D eigenvalue weighted by Gasteiger charge is 2.21. The van der Waals surface area contributed by atoms with Crippen LogP contribution in [0.5, 0.6) is 0 Å². The molecule has 0 aliphatic carbocycles. The molecule has 0 aliphatic rings. The number of carbonyl (C=O) groups excluding carboxylic acids is 1. The molecule has 0 bridgehead atoms. The van der Waals surface area contributed by atoms with Crippen molar-refractivity contribution in [2.24, 2.45) is 0 Å². The zero-order valence-corrected chi connectivity index (χ0v) is 12.3. The number of aromatic nitrogens is 1. The van der Waals surface area contributed by atoms with E-state index in [-0.39, 0.29) is 10.0 Å². The van der Waals surface area contributed by atoms with Gasteiger partial charge in [-0.1, -0.05) is 0 Å². The van der Waals surface area contributed by atoms with E-state index in [1.807, 2.05) is 11.4 Å². The molecule has 0 spiro atoms. The number of ketones is 1. The van der Waals surface area contributed by atoms with Crippen LogP contribution in [0.1, 0.15) is 15.9 Å². The van der Waals surface area contributed by atoms with Crippen molar-refractivity contribution < 1.29 is 13.6 Å². The summed E-state index contributed by atoms with van der Waals surface area (Å²) in [7, 11) is 0. The molecule has 2 aromatic heterocycles. The summed E-state index contributed by atoms with van der Waals surface area (Å²) in [6.07, 6.45) is 1.33. The maximum absolute atomic E-state index is 13.9. The summed E-state index contributed by atoms with van der Waals surface area (Å²) in [4.78, 5) is 16.4. The second kappa shape index (κ2) is 5.03. The maximum Gasteiger partial charge on any atom is 0.200 e. The number of thiophene rings is 1. The molecule has 1 aromatic carbocycles. The number of carbonyl (C=O) groups is 1. The average molecular weight is 354 g/mol. The van der Waals surface area contributed by atoms with Crippen LogP contribution in [-0.2, 0) is 0 Å². The van der Waals surface area contributed by atoms with Crippen LogP contribution in [0.4, 0.5) is 8.78 Å². The lowest BCUT2D eigenvalue weighted by Crippen LogP contribution is -2.08. The molecule has 0 amide bonds. The first-order valence-corrected chi connectivity index (χ1v) is 7.26. The van der Waals surface area contributed by atoms with Crippen molar-refractivity contribution in [2.75, 3.05) is 0 Å². The number of benzene rings is 1. The number of hydrogen-bond acceptors (Lipinski definition) is 3. The second-order valence-corrected chi connectivity index (χ2v) is 5.88. The maximum atomic E-state index is 13.9. The lowest BCUT2D eigenvalue weighted by Gasteiger charge is -2.05. The van der Waals surface area contributed by atoms with Crippen LogP contribution in [0.25, 0.3) is 10.2 Å². The molecule has 0 radical (unpaired) electrons. The summed E-state index contributed by atoms with van der Waals surface area (Å²) in [5.74, 6) is -2.51. The Morgan fingerprint density at radius 2 is 2.05 bits per heavy atom. The molecule has 0 N–H and O–H groups in total. The third kappa shape index (κ3) is 2.14. The Kier molecular flexibility index (Phi) is 3.35. The number of pyridine rings is 1. The van der Waals surface area contributed by atoms with Crippen LogP contribution in [0.3, 0.4) is 0 Å². The van der Waals surface area contributed by atoms with Gasteiger partial charge in [0.15, 0.2) is 5.82 Å². The average Bonchev–Trinajstić information content (AvgIpc) is 2.90. The summed E-state index contributed by atoms with van der Waals surface area (Å²) in [6, 6.07) is 5.68. The molecule has 20 heavy (non-hydrogen) atoms. The molecule has 2 nitrogen and oxygen atoms in total. The summed E-state index contributed by atoms with van der Waals surface area (Å²) in [5.41, 5.74) is 0.342. The van der Waals surface area contributed by atoms with Crippen LogP contribution < -0.4 is 0 Å². The van der Waals surface area contributed by atoms with Gasteiger partial charge in [-0.25, -0.2) is 8.78 Å². The number of halogens is 3. The van der Waals surface area contributed by atoms with E-state index in [0.717, 1.165) is 16.3 Å². The van der Waals surface area contributed by atoms with E-state index in [1.54, 1.807) is 6.07 Å². The van der Waals surface area contributed by atoms with E-state index < -0.39 is 23.0 Å². The highest BCUT2D eigenvalue weighted by molar-refractivity contribution is 9.10. The first-order chi connectivity index (χ1) is 9.58. The Morgan fingerprint density at radius 3 is 2.85 bits per heavy atom. The van der Waals surface area contributed by atoms with Gasteiger partial charge in [0.25, 0.3) is 0 Å². The molecular formula is C14H6BrF2NOS. The van der Waals surface area contributed by atoms with Crippen LogP contribution >= 0.6 is 27.3 Å². The predicted molar refractivity (Wildman–Crippen MR) is 77.1 cm³/mol. The Labute approximate surface area is 125 Å². The molecule has 0 unspecified atom stereocenters. The minimum atomic E-state index is -0.902. The van der Waals surface area contributed by atoms with Crippen LogP contribution in [-0.4, -0.2) is 10.8 Å². The molecule has 0 saturated heterocycles. The molecule has 2 heterocycles. The molecule has 100 valence electrons. The van der Waals surface area contributed by atoms with Gasteiger partial charge in [-0.3, -0.25) is 9.78 Å². The third-order valence-corrected chi connectivity index (χ3v) is 4.30. The topological polar surface area (TPSA) is 30.0 Å². The highest BCUT2D eigenvalue weighted by Crippen LogP contribution is 2.26. The summed E-state index contributed by atoms with van der Waals surface area (Å²) < 4.78 is 28.5. The second-order valence-electron chi connectivity index (χ2n) is 4.08. The van der Waals surface area contributed by atoms with E-state index in [4.69, 9.17) is 0 Å². The first kappa shape index (κ1) is 13.3. The number of fused-ring (bicyclic) bond motifs is 1. The van der Waals surface area contributed by atoms with Crippen molar-refractivity contribution in [1.29, 1.82) is 0 Å². The third-order valence-electron chi connectivity index (χ3n) is 2.84. The van der Waals surface area contributed by atoms with Crippen molar-refractivity contribution in [2.45, 2.75) is 0 Å². The van der Waals surface area contributed by atoms with Gasteiger partial charge in [0, 0.05) is 11.8 Å². The van der Waals surface area contributed by atoms with E-state index in [9.17, 15) is 13.6 Å². The summed E-state index contributed by atoms with van der Waals surface area (Å²) in [5, 5.41) is 1.84. The van der Waals surface area contributed by atoms with E-state index in [1.165, 1.54) is 23.6 Å². The standard InChI is InChI=1S/C14H6BrF2NOS/c15-8-1-2-9(16)12(13(8)17)14(19)7-5-11-10(18-6-7)3-4-20-11/h1-6H. The number of nitrogens with zero attached hydrogens (tertiary/aromatic N) is 1. The fourth-order valence-corrected chi connectivity index (χ4v) is 2.96. The Balaban J connectivity index is 2.15. The van der Waals surface area contributed by atoms with E-state index in [2.05, 4.69) is 20.9 Å². The molecule has 3 rings (SSSR count). The van der Waals surface area contributed by atoms with Gasteiger partial charge in [-0.05, 0) is 45.6 Å².